The summed E-state index contributed by atoms with van der Waals surface area (Å²) in [5.74, 6) is 0.144. The number of halogens is 1. The lowest BCUT2D eigenvalue weighted by atomic mass is 9.91. The number of ether oxygens (including phenoxy) is 1. The fraction of sp³-hybridized carbons (Fsp3) is 0.333. The van der Waals surface area contributed by atoms with Crippen molar-refractivity contribution in [1.29, 1.82) is 0 Å². The maximum Gasteiger partial charge on any atom is 0.127 e. The smallest absolute Gasteiger partial charge is 0.127 e. The zero-order chi connectivity index (χ0) is 32.5. The number of nitrogens with one attached hydrogen (secondary N) is 3. The number of pyridine rings is 3. The van der Waals surface area contributed by atoms with Gasteiger partial charge in [-0.15, -0.1) is 0 Å². The lowest BCUT2D eigenvalue weighted by Crippen LogP contribution is -2.25. The second-order valence-electron chi connectivity index (χ2n) is 13.5. The molecule has 1 saturated heterocycles. The number of benzene rings is 1. The molecule has 5 aromatic heterocycles. The predicted octanol–water partition coefficient (Wildman–Crippen LogP) is 7.01. The summed E-state index contributed by atoms with van der Waals surface area (Å²) in [6, 6.07) is 10.7. The number of hydrogen-bond acceptors (Lipinski definition) is 8. The van der Waals surface area contributed by atoms with Gasteiger partial charge >= 0.3 is 0 Å². The molecule has 1 fully saturated rings. The molecule has 1 aliphatic rings. The first-order chi connectivity index (χ1) is 22.7. The van der Waals surface area contributed by atoms with Gasteiger partial charge in [0.25, 0.3) is 0 Å². The molecule has 0 saturated carbocycles. The highest BCUT2D eigenvalue weighted by molar-refractivity contribution is 6.01. The standard InChI is InChI=1S/C36H39FN8O2/c1-36(2,3)16-34(46)41-25-11-23(17-38-18-25)30-15-28-33(21-40-30)43-44-35(28)31-14-27-29(19-39-20-32(27)42-31)22-10-24(37)13-26(12-22)47-9-8-45-6-4-5-7-45/h10-15,17-21,34,41-42,46H,4-9,16H2,1-3H3,(H,43,44). The fourth-order valence-corrected chi connectivity index (χ4v) is 6.27. The number of aliphatic hydroxyl groups is 1. The highest BCUT2D eigenvalue weighted by Gasteiger charge is 2.19. The van der Waals surface area contributed by atoms with Gasteiger partial charge in [-0.2, -0.15) is 5.10 Å². The van der Waals surface area contributed by atoms with Crippen LogP contribution >= 0.6 is 0 Å². The summed E-state index contributed by atoms with van der Waals surface area (Å²) >= 11 is 0. The van der Waals surface area contributed by atoms with Crippen LogP contribution in [0.25, 0.3) is 55.6 Å². The normalized spacial score (nSPS) is 14.7. The topological polar surface area (TPSA) is 128 Å². The summed E-state index contributed by atoms with van der Waals surface area (Å²) in [5.41, 5.74) is 6.79. The lowest BCUT2D eigenvalue weighted by Gasteiger charge is -2.23. The molecule has 6 aromatic rings. The molecule has 6 heterocycles. The Kier molecular flexibility index (Phi) is 8.33. The molecule has 4 N–H and O–H groups in total. The average Bonchev–Trinajstić information content (AvgIpc) is 3.79. The molecular formula is C36H39FN8O2. The average molecular weight is 635 g/mol. The van der Waals surface area contributed by atoms with Crippen molar-refractivity contribution in [2.75, 3.05) is 31.6 Å². The predicted molar refractivity (Wildman–Crippen MR) is 182 cm³/mol. The maximum atomic E-state index is 14.8. The van der Waals surface area contributed by atoms with Crippen LogP contribution in [0.4, 0.5) is 10.1 Å². The molecular weight excluding hydrogens is 595 g/mol. The van der Waals surface area contributed by atoms with E-state index in [0.29, 0.717) is 30.0 Å². The van der Waals surface area contributed by atoms with Gasteiger partial charge in [-0.05, 0) is 73.7 Å². The van der Waals surface area contributed by atoms with Gasteiger partial charge in [0, 0.05) is 46.9 Å². The van der Waals surface area contributed by atoms with Crippen LogP contribution in [0.15, 0.2) is 67.4 Å². The van der Waals surface area contributed by atoms with Crippen LogP contribution in [0.3, 0.4) is 0 Å². The number of anilines is 1. The zero-order valence-corrected chi connectivity index (χ0v) is 26.8. The highest BCUT2D eigenvalue weighted by Crippen LogP contribution is 2.36. The Balaban J connectivity index is 1.17. The summed E-state index contributed by atoms with van der Waals surface area (Å²) in [7, 11) is 0. The second kappa shape index (κ2) is 12.7. The number of aromatic nitrogens is 6. The maximum absolute atomic E-state index is 14.8. The monoisotopic (exact) mass is 634 g/mol. The Labute approximate surface area is 272 Å². The lowest BCUT2D eigenvalue weighted by molar-refractivity contribution is 0.145. The van der Waals surface area contributed by atoms with Gasteiger partial charge in [0.05, 0.1) is 46.7 Å². The van der Waals surface area contributed by atoms with Crippen LogP contribution in [0.2, 0.25) is 0 Å². The molecule has 0 bridgehead atoms. The number of likely N-dealkylation sites (tertiary alicyclic amines) is 1. The molecule has 11 heteroatoms. The third-order valence-corrected chi connectivity index (χ3v) is 8.48. The van der Waals surface area contributed by atoms with Crippen LogP contribution < -0.4 is 10.1 Å². The van der Waals surface area contributed by atoms with E-state index in [-0.39, 0.29) is 11.2 Å². The van der Waals surface area contributed by atoms with Gasteiger partial charge in [-0.25, -0.2) is 4.39 Å². The molecule has 1 atom stereocenters. The van der Waals surface area contributed by atoms with Crippen molar-refractivity contribution in [1.82, 2.24) is 35.0 Å². The molecule has 1 aromatic carbocycles. The Morgan fingerprint density at radius 1 is 0.936 bits per heavy atom. The third-order valence-electron chi connectivity index (χ3n) is 8.48. The number of rotatable bonds is 10. The van der Waals surface area contributed by atoms with Gasteiger partial charge < -0.3 is 20.1 Å². The van der Waals surface area contributed by atoms with E-state index >= 15 is 0 Å². The molecule has 7 rings (SSSR count). The molecule has 1 aliphatic heterocycles. The highest BCUT2D eigenvalue weighted by atomic mass is 19.1. The van der Waals surface area contributed by atoms with Gasteiger partial charge in [0.15, 0.2) is 0 Å². The number of nitrogens with zero attached hydrogens (tertiary/aromatic N) is 5. The van der Waals surface area contributed by atoms with E-state index in [0.717, 1.165) is 69.6 Å². The van der Waals surface area contributed by atoms with Gasteiger partial charge in [0.1, 0.15) is 30.1 Å². The van der Waals surface area contributed by atoms with E-state index in [2.05, 4.69) is 61.1 Å². The summed E-state index contributed by atoms with van der Waals surface area (Å²) < 4.78 is 20.8. The number of fused-ring (bicyclic) bond motifs is 2. The molecule has 47 heavy (non-hydrogen) atoms. The summed E-state index contributed by atoms with van der Waals surface area (Å²) in [4.78, 5) is 19.3. The van der Waals surface area contributed by atoms with Crippen molar-refractivity contribution in [2.45, 2.75) is 46.3 Å². The first-order valence-electron chi connectivity index (χ1n) is 16.1. The SMILES string of the molecule is CC(C)(C)CC(O)Nc1cncc(-c2cc3c(-c4cc5c(-c6cc(F)cc(OCCN7CCCC7)c6)cncc5[nH]4)n[nH]c3cn2)c1. The quantitative estimate of drug-likeness (QED) is 0.119. The van der Waals surface area contributed by atoms with E-state index < -0.39 is 6.23 Å². The molecule has 0 amide bonds. The largest absolute Gasteiger partial charge is 0.492 e. The van der Waals surface area contributed by atoms with E-state index in [1.807, 2.05) is 24.3 Å². The molecule has 242 valence electrons. The van der Waals surface area contributed by atoms with E-state index in [1.165, 1.54) is 25.0 Å². The Morgan fingerprint density at radius 2 is 1.77 bits per heavy atom. The molecule has 10 nitrogen and oxygen atoms in total. The Morgan fingerprint density at radius 3 is 2.60 bits per heavy atom. The van der Waals surface area contributed by atoms with Crippen LogP contribution in [0.1, 0.15) is 40.0 Å². The second-order valence-corrected chi connectivity index (χ2v) is 13.5. The minimum absolute atomic E-state index is 0.0252. The van der Waals surface area contributed by atoms with Gasteiger partial charge in [-0.1, -0.05) is 20.8 Å². The minimum atomic E-state index is -0.698. The third kappa shape index (κ3) is 6.96. The molecule has 0 spiro atoms. The summed E-state index contributed by atoms with van der Waals surface area (Å²) in [6.45, 7) is 9.79. The number of aromatic amines is 2. The van der Waals surface area contributed by atoms with E-state index in [4.69, 9.17) is 4.74 Å². The molecule has 1 unspecified atom stereocenters. The van der Waals surface area contributed by atoms with Crippen LogP contribution in [0.5, 0.6) is 5.75 Å². The van der Waals surface area contributed by atoms with Gasteiger partial charge in [-0.3, -0.25) is 25.0 Å². The Bertz CT molecular complexity index is 2030. The van der Waals surface area contributed by atoms with Crippen molar-refractivity contribution >= 4 is 27.5 Å². The van der Waals surface area contributed by atoms with Crippen molar-refractivity contribution < 1.29 is 14.2 Å². The summed E-state index contributed by atoms with van der Waals surface area (Å²) in [6.07, 6.45) is 11.0. The van der Waals surface area contributed by atoms with Crippen molar-refractivity contribution in [3.8, 4) is 39.5 Å². The van der Waals surface area contributed by atoms with Crippen LogP contribution in [-0.4, -0.2) is 72.6 Å². The number of aliphatic hydroxyl groups excluding tert-OH is 1. The van der Waals surface area contributed by atoms with Crippen LogP contribution in [0, 0.1) is 11.2 Å². The number of hydrogen-bond donors (Lipinski definition) is 4. The van der Waals surface area contributed by atoms with E-state index in [1.54, 1.807) is 31.0 Å². The number of H-pyrrole nitrogens is 2. The fourth-order valence-electron chi connectivity index (χ4n) is 6.27. The van der Waals surface area contributed by atoms with Crippen molar-refractivity contribution in [3.63, 3.8) is 0 Å². The van der Waals surface area contributed by atoms with Crippen molar-refractivity contribution in [3.05, 3.63) is 73.2 Å². The Hall–Kier alpha value is -4.87. The van der Waals surface area contributed by atoms with E-state index in [9.17, 15) is 9.50 Å². The first-order valence-corrected chi connectivity index (χ1v) is 16.1. The first kappa shape index (κ1) is 30.8. The van der Waals surface area contributed by atoms with Gasteiger partial charge in [0.2, 0.25) is 0 Å². The molecule has 0 radical (unpaired) electrons. The van der Waals surface area contributed by atoms with Crippen LogP contribution in [-0.2, 0) is 0 Å². The summed E-state index contributed by atoms with van der Waals surface area (Å²) in [5, 5.41) is 23.2. The minimum Gasteiger partial charge on any atom is -0.492 e. The molecule has 0 aliphatic carbocycles. The zero-order valence-electron chi connectivity index (χ0n) is 26.8. The van der Waals surface area contributed by atoms with Crippen molar-refractivity contribution in [2.24, 2.45) is 5.41 Å².